The van der Waals surface area contributed by atoms with Gasteiger partial charge in [-0.1, -0.05) is 12.1 Å². The van der Waals surface area contributed by atoms with Gasteiger partial charge in [0.15, 0.2) is 17.2 Å². The van der Waals surface area contributed by atoms with Gasteiger partial charge in [-0.3, -0.25) is 0 Å². The Labute approximate surface area is 119 Å². The molecule has 0 unspecified atom stereocenters. The molecule has 4 nitrogen and oxygen atoms in total. The van der Waals surface area contributed by atoms with Crippen LogP contribution in [0, 0.1) is 0 Å². The van der Waals surface area contributed by atoms with Crippen LogP contribution in [-0.4, -0.2) is 13.2 Å². The first kappa shape index (κ1) is 12.2. The van der Waals surface area contributed by atoms with Crippen molar-refractivity contribution in [2.75, 3.05) is 18.9 Å². The standard InChI is InChI=1S/C14H12BrNO3/c15-9-3-1-2-4-11(9)19-12-8-14-13(7-10(12)16)17-5-6-18-14/h1-4,7-8H,5-6,16H2. The fourth-order valence-electron chi connectivity index (χ4n) is 1.82. The number of para-hydroxylation sites is 1. The molecule has 0 saturated carbocycles. The third-order valence-electron chi connectivity index (χ3n) is 2.73. The zero-order valence-electron chi connectivity index (χ0n) is 10.1. The molecule has 0 atom stereocenters. The van der Waals surface area contributed by atoms with Gasteiger partial charge in [0.25, 0.3) is 0 Å². The summed E-state index contributed by atoms with van der Waals surface area (Å²) in [5.41, 5.74) is 6.48. The zero-order valence-corrected chi connectivity index (χ0v) is 11.6. The van der Waals surface area contributed by atoms with Gasteiger partial charge in [-0.05, 0) is 28.1 Å². The minimum Gasteiger partial charge on any atom is -0.486 e. The van der Waals surface area contributed by atoms with E-state index in [1.165, 1.54) is 0 Å². The third kappa shape index (κ3) is 2.46. The molecule has 1 aliphatic heterocycles. The van der Waals surface area contributed by atoms with Gasteiger partial charge >= 0.3 is 0 Å². The van der Waals surface area contributed by atoms with Crippen molar-refractivity contribution in [2.45, 2.75) is 0 Å². The summed E-state index contributed by atoms with van der Waals surface area (Å²) in [7, 11) is 0. The number of anilines is 1. The fourth-order valence-corrected chi connectivity index (χ4v) is 2.19. The molecule has 3 rings (SSSR count). The lowest BCUT2D eigenvalue weighted by Crippen LogP contribution is -2.15. The van der Waals surface area contributed by atoms with E-state index in [4.69, 9.17) is 19.9 Å². The van der Waals surface area contributed by atoms with Crippen LogP contribution in [-0.2, 0) is 0 Å². The number of nitrogens with two attached hydrogens (primary N) is 1. The molecule has 0 fully saturated rings. The van der Waals surface area contributed by atoms with Crippen LogP contribution in [0.3, 0.4) is 0 Å². The SMILES string of the molecule is Nc1cc2c(cc1Oc1ccccc1Br)OCCO2. The predicted molar refractivity (Wildman–Crippen MR) is 76.1 cm³/mol. The Hall–Kier alpha value is -1.88. The fraction of sp³-hybridized carbons (Fsp3) is 0.143. The van der Waals surface area contributed by atoms with E-state index < -0.39 is 0 Å². The highest BCUT2D eigenvalue weighted by molar-refractivity contribution is 9.10. The van der Waals surface area contributed by atoms with Crippen LogP contribution in [0.4, 0.5) is 5.69 Å². The Morgan fingerprint density at radius 2 is 1.68 bits per heavy atom. The van der Waals surface area contributed by atoms with Crippen molar-refractivity contribution in [1.82, 2.24) is 0 Å². The molecule has 2 aromatic rings. The van der Waals surface area contributed by atoms with Gasteiger partial charge in [0.2, 0.25) is 0 Å². The van der Waals surface area contributed by atoms with Crippen molar-refractivity contribution < 1.29 is 14.2 Å². The third-order valence-corrected chi connectivity index (χ3v) is 3.39. The molecule has 0 bridgehead atoms. The Morgan fingerprint density at radius 1 is 1.00 bits per heavy atom. The van der Waals surface area contributed by atoms with Crippen LogP contribution < -0.4 is 19.9 Å². The summed E-state index contributed by atoms with van der Waals surface area (Å²) < 4.78 is 17.6. The summed E-state index contributed by atoms with van der Waals surface area (Å²) in [5.74, 6) is 2.56. The minimum atomic E-state index is 0.514. The summed E-state index contributed by atoms with van der Waals surface area (Å²) in [4.78, 5) is 0. The van der Waals surface area contributed by atoms with Crippen LogP contribution in [0.2, 0.25) is 0 Å². The van der Waals surface area contributed by atoms with Crippen molar-refractivity contribution in [1.29, 1.82) is 0 Å². The number of benzene rings is 2. The lowest BCUT2D eigenvalue weighted by Gasteiger charge is -2.20. The molecule has 2 N–H and O–H groups in total. The van der Waals surface area contributed by atoms with Crippen molar-refractivity contribution in [3.63, 3.8) is 0 Å². The van der Waals surface area contributed by atoms with E-state index in [0.29, 0.717) is 41.9 Å². The van der Waals surface area contributed by atoms with Crippen LogP contribution >= 0.6 is 15.9 Å². The van der Waals surface area contributed by atoms with E-state index in [-0.39, 0.29) is 0 Å². The molecule has 1 aliphatic rings. The molecule has 0 saturated heterocycles. The summed E-state index contributed by atoms with van der Waals surface area (Å²) in [6.07, 6.45) is 0. The van der Waals surface area contributed by atoms with Gasteiger partial charge in [0.1, 0.15) is 19.0 Å². The Kier molecular flexibility index (Phi) is 3.21. The smallest absolute Gasteiger partial charge is 0.165 e. The van der Waals surface area contributed by atoms with Gasteiger partial charge < -0.3 is 19.9 Å². The molecule has 0 aliphatic carbocycles. The molecule has 98 valence electrons. The summed E-state index contributed by atoms with van der Waals surface area (Å²) in [5, 5.41) is 0. The van der Waals surface area contributed by atoms with Gasteiger partial charge in [-0.25, -0.2) is 0 Å². The Bertz CT molecular complexity index is 616. The number of nitrogen functional groups attached to an aromatic ring is 1. The molecule has 19 heavy (non-hydrogen) atoms. The van der Waals surface area contributed by atoms with Crippen LogP contribution in [0.1, 0.15) is 0 Å². The Balaban J connectivity index is 1.95. The first-order chi connectivity index (χ1) is 9.24. The molecule has 2 aromatic carbocycles. The first-order valence-corrected chi connectivity index (χ1v) is 6.65. The van der Waals surface area contributed by atoms with Crippen molar-refractivity contribution in [2.24, 2.45) is 0 Å². The second-order valence-corrected chi connectivity index (χ2v) is 4.92. The molecular weight excluding hydrogens is 310 g/mol. The van der Waals surface area contributed by atoms with Gasteiger partial charge in [-0.2, -0.15) is 0 Å². The number of fused-ring (bicyclic) bond motifs is 1. The number of rotatable bonds is 2. The second-order valence-electron chi connectivity index (χ2n) is 4.07. The molecular formula is C14H12BrNO3. The molecule has 0 spiro atoms. The monoisotopic (exact) mass is 321 g/mol. The summed E-state index contributed by atoms with van der Waals surface area (Å²) in [6.45, 7) is 1.07. The summed E-state index contributed by atoms with van der Waals surface area (Å²) >= 11 is 3.43. The maximum atomic E-state index is 5.97. The number of hydrogen-bond donors (Lipinski definition) is 1. The van der Waals surface area contributed by atoms with Crippen LogP contribution in [0.15, 0.2) is 40.9 Å². The predicted octanol–water partition coefficient (Wildman–Crippen LogP) is 3.59. The minimum absolute atomic E-state index is 0.514. The lowest BCUT2D eigenvalue weighted by atomic mass is 10.2. The largest absolute Gasteiger partial charge is 0.486 e. The average molecular weight is 322 g/mol. The number of halogens is 1. The molecule has 0 amide bonds. The van der Waals surface area contributed by atoms with Crippen LogP contribution in [0.25, 0.3) is 0 Å². The Morgan fingerprint density at radius 3 is 2.42 bits per heavy atom. The molecule has 0 radical (unpaired) electrons. The van der Waals surface area contributed by atoms with Gasteiger partial charge in [0, 0.05) is 12.1 Å². The van der Waals surface area contributed by atoms with E-state index >= 15 is 0 Å². The van der Waals surface area contributed by atoms with Gasteiger partial charge in [0.05, 0.1) is 10.2 Å². The van der Waals surface area contributed by atoms with Crippen molar-refractivity contribution >= 4 is 21.6 Å². The maximum absolute atomic E-state index is 5.97. The van der Waals surface area contributed by atoms with Crippen LogP contribution in [0.5, 0.6) is 23.0 Å². The summed E-state index contributed by atoms with van der Waals surface area (Å²) in [6, 6.07) is 11.1. The zero-order chi connectivity index (χ0) is 13.2. The van der Waals surface area contributed by atoms with E-state index in [2.05, 4.69) is 15.9 Å². The van der Waals surface area contributed by atoms with E-state index in [0.717, 1.165) is 4.47 Å². The maximum Gasteiger partial charge on any atom is 0.165 e. The highest BCUT2D eigenvalue weighted by Gasteiger charge is 2.16. The normalized spacial score (nSPS) is 13.1. The quantitative estimate of drug-likeness (QED) is 0.859. The average Bonchev–Trinajstić information content (AvgIpc) is 2.42. The number of hydrogen-bond acceptors (Lipinski definition) is 4. The topological polar surface area (TPSA) is 53.7 Å². The lowest BCUT2D eigenvalue weighted by molar-refractivity contribution is 0.171. The molecule has 5 heteroatoms. The number of ether oxygens (including phenoxy) is 3. The van der Waals surface area contributed by atoms with E-state index in [9.17, 15) is 0 Å². The molecule has 0 aromatic heterocycles. The molecule has 1 heterocycles. The first-order valence-electron chi connectivity index (χ1n) is 5.85. The van der Waals surface area contributed by atoms with E-state index in [1.807, 2.05) is 24.3 Å². The van der Waals surface area contributed by atoms with Crippen molar-refractivity contribution in [3.8, 4) is 23.0 Å². The van der Waals surface area contributed by atoms with E-state index in [1.54, 1.807) is 12.1 Å². The highest BCUT2D eigenvalue weighted by atomic mass is 79.9. The second kappa shape index (κ2) is 5.01. The van der Waals surface area contributed by atoms with Gasteiger partial charge in [-0.15, -0.1) is 0 Å². The highest BCUT2D eigenvalue weighted by Crippen LogP contribution is 2.41. The van der Waals surface area contributed by atoms with Crippen molar-refractivity contribution in [3.05, 3.63) is 40.9 Å².